The predicted molar refractivity (Wildman–Crippen MR) is 138 cm³/mol. The molecule has 0 bridgehead atoms. The Morgan fingerprint density at radius 2 is 2.03 bits per heavy atom. The van der Waals surface area contributed by atoms with Gasteiger partial charge >= 0.3 is 6.03 Å². The van der Waals surface area contributed by atoms with E-state index < -0.39 is 23.4 Å². The smallest absolute Gasteiger partial charge is 0.344 e. The average Bonchev–Trinajstić information content (AvgIpc) is 3.48. The van der Waals surface area contributed by atoms with Crippen LogP contribution in [0, 0.1) is 0 Å². The number of ether oxygens (including phenoxy) is 1. The third kappa shape index (κ3) is 4.94. The molecule has 2 atom stereocenters. The van der Waals surface area contributed by atoms with Gasteiger partial charge in [0.2, 0.25) is 5.91 Å². The van der Waals surface area contributed by atoms with Gasteiger partial charge in [0.15, 0.2) is 5.16 Å². The molecule has 0 radical (unpaired) electrons. The second kappa shape index (κ2) is 10.2. The van der Waals surface area contributed by atoms with Gasteiger partial charge in [-0.3, -0.25) is 24.4 Å². The SMILES string of the molecule is C[C@]1(c2ccccc2)NC(=O)N(NC(=O)CSc2nc3cc(Cl)ccc3c(=O)n2C[C@@H]2CCCO2)C1=O. The zero-order chi connectivity index (χ0) is 26.2. The summed E-state index contributed by atoms with van der Waals surface area (Å²) < 4.78 is 7.21. The summed E-state index contributed by atoms with van der Waals surface area (Å²) in [6, 6.07) is 12.9. The first-order valence-corrected chi connectivity index (χ1v) is 13.1. The first-order chi connectivity index (χ1) is 17.8. The summed E-state index contributed by atoms with van der Waals surface area (Å²) in [5.41, 5.74) is 1.82. The van der Waals surface area contributed by atoms with Crippen molar-refractivity contribution in [3.8, 4) is 0 Å². The largest absolute Gasteiger partial charge is 0.376 e. The molecule has 1 aromatic heterocycles. The van der Waals surface area contributed by atoms with E-state index in [4.69, 9.17) is 16.3 Å². The Hall–Kier alpha value is -3.41. The molecule has 0 spiro atoms. The molecule has 2 aromatic carbocycles. The van der Waals surface area contributed by atoms with Crippen molar-refractivity contribution in [2.45, 2.75) is 43.1 Å². The maximum Gasteiger partial charge on any atom is 0.344 e. The average molecular weight is 542 g/mol. The summed E-state index contributed by atoms with van der Waals surface area (Å²) in [6.45, 7) is 2.52. The second-order valence-electron chi connectivity index (χ2n) is 8.99. The molecule has 2 saturated heterocycles. The number of rotatable bonds is 7. The van der Waals surface area contributed by atoms with Crippen molar-refractivity contribution in [2.75, 3.05) is 12.4 Å². The zero-order valence-electron chi connectivity index (χ0n) is 19.9. The van der Waals surface area contributed by atoms with Crippen LogP contribution in [0.3, 0.4) is 0 Å². The first kappa shape index (κ1) is 25.2. The Morgan fingerprint density at radius 1 is 1.24 bits per heavy atom. The van der Waals surface area contributed by atoms with Crippen LogP contribution < -0.4 is 16.3 Å². The van der Waals surface area contributed by atoms with Crippen LogP contribution in [0.25, 0.3) is 10.9 Å². The lowest BCUT2D eigenvalue weighted by Crippen LogP contribution is -2.48. The fourth-order valence-electron chi connectivity index (χ4n) is 4.43. The minimum absolute atomic E-state index is 0.126. The number of fused-ring (bicyclic) bond motifs is 1. The lowest BCUT2D eigenvalue weighted by molar-refractivity contribution is -0.138. The van der Waals surface area contributed by atoms with E-state index in [1.165, 1.54) is 4.57 Å². The molecule has 0 unspecified atom stereocenters. The molecular weight excluding hydrogens is 518 g/mol. The van der Waals surface area contributed by atoms with E-state index in [0.29, 0.717) is 44.8 Å². The van der Waals surface area contributed by atoms with Gasteiger partial charge in [-0.2, -0.15) is 5.01 Å². The number of thioether (sulfide) groups is 1. The van der Waals surface area contributed by atoms with E-state index in [1.807, 2.05) is 0 Å². The van der Waals surface area contributed by atoms with Crippen LogP contribution >= 0.6 is 23.4 Å². The molecule has 3 heterocycles. The molecular formula is C25H24ClN5O5S. The number of carbonyl (C=O) groups excluding carboxylic acids is 3. The molecule has 2 N–H and O–H groups in total. The highest BCUT2D eigenvalue weighted by Gasteiger charge is 2.49. The topological polar surface area (TPSA) is 123 Å². The third-order valence-corrected chi connectivity index (χ3v) is 7.61. The molecule has 2 fully saturated rings. The van der Waals surface area contributed by atoms with E-state index in [9.17, 15) is 19.2 Å². The molecule has 192 valence electrons. The number of imide groups is 1. The van der Waals surface area contributed by atoms with Crippen molar-refractivity contribution in [1.29, 1.82) is 0 Å². The standard InChI is InChI=1S/C25H24ClN5O5S/c1-25(15-6-3-2-4-7-15)22(34)31(23(35)28-25)29-20(32)14-37-24-27-19-12-16(26)9-10-18(19)21(33)30(24)13-17-8-5-11-36-17/h2-4,6-7,9-10,12,17H,5,8,11,13-14H2,1H3,(H,28,35)(H,29,32)/t17-,25+/m0/s1. The number of benzene rings is 2. The maximum absolute atomic E-state index is 13.3. The number of hydrazine groups is 1. The molecule has 4 amide bonds. The minimum atomic E-state index is -1.31. The summed E-state index contributed by atoms with van der Waals surface area (Å²) in [5, 5.41) is 4.49. The quantitative estimate of drug-likeness (QED) is 0.268. The number of hydrogen-bond acceptors (Lipinski definition) is 7. The Kier molecular flexibility index (Phi) is 6.93. The van der Waals surface area contributed by atoms with Crippen molar-refractivity contribution < 1.29 is 19.1 Å². The minimum Gasteiger partial charge on any atom is -0.376 e. The molecule has 0 aliphatic carbocycles. The number of halogens is 1. The number of amides is 4. The fourth-order valence-corrected chi connectivity index (χ4v) is 5.40. The molecule has 12 heteroatoms. The van der Waals surface area contributed by atoms with Crippen LogP contribution in [0.1, 0.15) is 25.3 Å². The Balaban J connectivity index is 1.34. The van der Waals surface area contributed by atoms with Crippen molar-refractivity contribution in [2.24, 2.45) is 0 Å². The molecule has 0 saturated carbocycles. The number of aromatic nitrogens is 2. The highest BCUT2D eigenvalue weighted by atomic mass is 35.5. The lowest BCUT2D eigenvalue weighted by atomic mass is 9.92. The molecule has 37 heavy (non-hydrogen) atoms. The third-order valence-electron chi connectivity index (χ3n) is 6.40. The maximum atomic E-state index is 13.3. The molecule has 5 rings (SSSR count). The van der Waals surface area contributed by atoms with Crippen LogP contribution in [-0.4, -0.2) is 50.9 Å². The van der Waals surface area contributed by atoms with E-state index >= 15 is 0 Å². The molecule has 2 aliphatic rings. The van der Waals surface area contributed by atoms with Gasteiger partial charge in [-0.25, -0.2) is 9.78 Å². The van der Waals surface area contributed by atoms with Crippen LogP contribution in [-0.2, 0) is 26.4 Å². The first-order valence-electron chi connectivity index (χ1n) is 11.7. The van der Waals surface area contributed by atoms with Gasteiger partial charge in [-0.05, 0) is 43.5 Å². The summed E-state index contributed by atoms with van der Waals surface area (Å²) in [5.74, 6) is -1.39. The van der Waals surface area contributed by atoms with Crippen LogP contribution in [0.4, 0.5) is 4.79 Å². The Bertz CT molecular complexity index is 1440. The van der Waals surface area contributed by atoms with Gasteiger partial charge in [0.1, 0.15) is 5.54 Å². The molecule has 2 aliphatic heterocycles. The Morgan fingerprint density at radius 3 is 2.76 bits per heavy atom. The second-order valence-corrected chi connectivity index (χ2v) is 10.4. The monoisotopic (exact) mass is 541 g/mol. The van der Waals surface area contributed by atoms with Gasteiger partial charge in [0.05, 0.1) is 29.3 Å². The van der Waals surface area contributed by atoms with Gasteiger partial charge < -0.3 is 10.1 Å². The van der Waals surface area contributed by atoms with Gasteiger partial charge in [-0.15, -0.1) is 0 Å². The highest BCUT2D eigenvalue weighted by Crippen LogP contribution is 2.28. The van der Waals surface area contributed by atoms with Crippen molar-refractivity contribution in [3.05, 3.63) is 69.5 Å². The van der Waals surface area contributed by atoms with Gasteiger partial charge in [0, 0.05) is 11.6 Å². The number of nitrogens with one attached hydrogen (secondary N) is 2. The lowest BCUT2D eigenvalue weighted by Gasteiger charge is -2.22. The summed E-state index contributed by atoms with van der Waals surface area (Å²) >= 11 is 7.13. The number of nitrogens with zero attached hydrogens (tertiary/aromatic N) is 3. The number of carbonyl (C=O) groups is 3. The van der Waals surface area contributed by atoms with Crippen LogP contribution in [0.2, 0.25) is 5.02 Å². The zero-order valence-corrected chi connectivity index (χ0v) is 21.5. The van der Waals surface area contributed by atoms with E-state index in [2.05, 4.69) is 15.7 Å². The van der Waals surface area contributed by atoms with E-state index in [-0.39, 0.29) is 17.4 Å². The predicted octanol–water partition coefficient (Wildman–Crippen LogP) is 2.82. The molecule has 10 nitrogen and oxygen atoms in total. The molecule has 3 aromatic rings. The van der Waals surface area contributed by atoms with Crippen molar-refractivity contribution in [3.63, 3.8) is 0 Å². The summed E-state index contributed by atoms with van der Waals surface area (Å²) in [7, 11) is 0. The van der Waals surface area contributed by atoms with Crippen LogP contribution in [0.15, 0.2) is 58.5 Å². The highest BCUT2D eigenvalue weighted by molar-refractivity contribution is 7.99. The van der Waals surface area contributed by atoms with Crippen molar-refractivity contribution in [1.82, 2.24) is 25.3 Å². The summed E-state index contributed by atoms with van der Waals surface area (Å²) in [4.78, 5) is 56.2. The number of hydrogen-bond donors (Lipinski definition) is 2. The van der Waals surface area contributed by atoms with Gasteiger partial charge in [0.25, 0.3) is 11.5 Å². The normalized spacial score (nSPS) is 21.5. The fraction of sp³-hybridized carbons (Fsp3) is 0.320. The number of urea groups is 1. The van der Waals surface area contributed by atoms with Gasteiger partial charge in [-0.1, -0.05) is 53.7 Å². The summed E-state index contributed by atoms with van der Waals surface area (Å²) in [6.07, 6.45) is 1.61. The van der Waals surface area contributed by atoms with Crippen LogP contribution in [0.5, 0.6) is 0 Å². The van der Waals surface area contributed by atoms with E-state index in [0.717, 1.165) is 24.6 Å². The van der Waals surface area contributed by atoms with E-state index in [1.54, 1.807) is 55.5 Å². The van der Waals surface area contributed by atoms with Crippen molar-refractivity contribution >= 4 is 52.1 Å². The Labute approximate surface area is 221 Å².